The average molecular weight is 309 g/mol. The maximum absolute atomic E-state index is 12.5. The van der Waals surface area contributed by atoms with E-state index in [9.17, 15) is 13.2 Å². The first-order valence-electron chi connectivity index (χ1n) is 6.57. The normalized spacial score (nSPS) is 20.5. The van der Waals surface area contributed by atoms with Crippen LogP contribution < -0.4 is 5.73 Å². The minimum Gasteiger partial charge on any atom is -0.330 e. The first-order chi connectivity index (χ1) is 8.99. The predicted molar refractivity (Wildman–Crippen MR) is 75.7 cm³/mol. The molecule has 0 aromatic heterocycles. The molecule has 1 unspecified atom stereocenters. The molecule has 0 aliphatic carbocycles. The van der Waals surface area contributed by atoms with E-state index in [1.54, 1.807) is 12.1 Å². The zero-order valence-electron chi connectivity index (χ0n) is 11.2. The number of likely N-dealkylation sites (tertiary alicyclic amines) is 1. The fourth-order valence-corrected chi connectivity index (χ4v) is 2.54. The topological polar surface area (TPSA) is 29.3 Å². The highest BCUT2D eigenvalue weighted by Crippen LogP contribution is 2.29. The van der Waals surface area contributed by atoms with Gasteiger partial charge in [-0.15, -0.1) is 12.4 Å². The van der Waals surface area contributed by atoms with Crippen LogP contribution in [-0.4, -0.2) is 24.5 Å². The Labute approximate surface area is 123 Å². The highest BCUT2D eigenvalue weighted by Gasteiger charge is 2.30. The molecule has 0 radical (unpaired) electrons. The van der Waals surface area contributed by atoms with E-state index in [0.29, 0.717) is 19.0 Å². The van der Waals surface area contributed by atoms with Crippen LogP contribution in [-0.2, 0) is 12.7 Å². The van der Waals surface area contributed by atoms with Crippen LogP contribution in [0.15, 0.2) is 24.3 Å². The van der Waals surface area contributed by atoms with E-state index in [1.807, 2.05) is 0 Å². The van der Waals surface area contributed by atoms with E-state index in [-0.39, 0.29) is 12.4 Å². The Morgan fingerprint density at radius 2 is 1.85 bits per heavy atom. The Morgan fingerprint density at radius 3 is 2.40 bits per heavy atom. The number of nitrogens with zero attached hydrogens (tertiary/aromatic N) is 1. The standard InChI is InChI=1S/C14H19F3N2.ClH/c15-14(16,17)13-5-3-11(4-6-13)9-19-7-1-2-12(8-18)10-19;/h3-6,12H,1-2,7-10,18H2;1H. The molecule has 1 heterocycles. The van der Waals surface area contributed by atoms with Gasteiger partial charge in [0.2, 0.25) is 0 Å². The maximum atomic E-state index is 12.5. The molecular weight excluding hydrogens is 289 g/mol. The summed E-state index contributed by atoms with van der Waals surface area (Å²) in [6, 6.07) is 5.43. The summed E-state index contributed by atoms with van der Waals surface area (Å²) in [4.78, 5) is 2.27. The summed E-state index contributed by atoms with van der Waals surface area (Å²) < 4.78 is 37.4. The molecule has 6 heteroatoms. The zero-order valence-corrected chi connectivity index (χ0v) is 12.0. The summed E-state index contributed by atoms with van der Waals surface area (Å²) in [5, 5.41) is 0. The fourth-order valence-electron chi connectivity index (χ4n) is 2.54. The summed E-state index contributed by atoms with van der Waals surface area (Å²) in [6.45, 7) is 3.33. The first kappa shape index (κ1) is 17.3. The van der Waals surface area contributed by atoms with Crippen molar-refractivity contribution < 1.29 is 13.2 Å². The van der Waals surface area contributed by atoms with Crippen molar-refractivity contribution in [3.05, 3.63) is 35.4 Å². The molecule has 0 amide bonds. The van der Waals surface area contributed by atoms with Crippen LogP contribution >= 0.6 is 12.4 Å². The van der Waals surface area contributed by atoms with Gasteiger partial charge >= 0.3 is 6.18 Å². The Balaban J connectivity index is 0.00000200. The van der Waals surface area contributed by atoms with Gasteiger partial charge in [-0.05, 0) is 49.5 Å². The molecule has 20 heavy (non-hydrogen) atoms. The Morgan fingerprint density at radius 1 is 1.20 bits per heavy atom. The van der Waals surface area contributed by atoms with Gasteiger partial charge in [0.05, 0.1) is 5.56 Å². The molecule has 2 nitrogen and oxygen atoms in total. The summed E-state index contributed by atoms with van der Waals surface area (Å²) in [6.07, 6.45) is -1.99. The lowest BCUT2D eigenvalue weighted by molar-refractivity contribution is -0.137. The molecular formula is C14H20ClF3N2. The van der Waals surface area contributed by atoms with Gasteiger partial charge in [-0.3, -0.25) is 4.90 Å². The van der Waals surface area contributed by atoms with Crippen molar-refractivity contribution in [2.24, 2.45) is 11.7 Å². The van der Waals surface area contributed by atoms with E-state index in [2.05, 4.69) is 4.90 Å². The number of benzene rings is 1. The molecule has 0 spiro atoms. The van der Waals surface area contributed by atoms with Gasteiger partial charge in [-0.2, -0.15) is 13.2 Å². The summed E-state index contributed by atoms with van der Waals surface area (Å²) >= 11 is 0. The van der Waals surface area contributed by atoms with Crippen LogP contribution in [0.2, 0.25) is 0 Å². The van der Waals surface area contributed by atoms with Crippen LogP contribution in [0.5, 0.6) is 0 Å². The van der Waals surface area contributed by atoms with Crippen molar-refractivity contribution in [2.75, 3.05) is 19.6 Å². The van der Waals surface area contributed by atoms with Crippen molar-refractivity contribution in [3.8, 4) is 0 Å². The Kier molecular flexibility index (Phi) is 6.30. The zero-order chi connectivity index (χ0) is 13.9. The van der Waals surface area contributed by atoms with Gasteiger partial charge < -0.3 is 5.73 Å². The lowest BCUT2D eigenvalue weighted by Gasteiger charge is -2.32. The molecule has 0 bridgehead atoms. The number of alkyl halides is 3. The van der Waals surface area contributed by atoms with Crippen molar-refractivity contribution in [2.45, 2.75) is 25.6 Å². The molecule has 1 fully saturated rings. The minimum absolute atomic E-state index is 0. The number of rotatable bonds is 3. The summed E-state index contributed by atoms with van der Waals surface area (Å²) in [5.41, 5.74) is 6.01. The van der Waals surface area contributed by atoms with Crippen molar-refractivity contribution >= 4 is 12.4 Å². The fraction of sp³-hybridized carbons (Fsp3) is 0.571. The van der Waals surface area contributed by atoms with Crippen LogP contribution in [0.4, 0.5) is 13.2 Å². The van der Waals surface area contributed by atoms with Gasteiger partial charge in [0.1, 0.15) is 0 Å². The van der Waals surface area contributed by atoms with E-state index >= 15 is 0 Å². The number of nitrogens with two attached hydrogens (primary N) is 1. The Bertz CT molecular complexity index is 406. The number of hydrogen-bond donors (Lipinski definition) is 1. The smallest absolute Gasteiger partial charge is 0.330 e. The lowest BCUT2D eigenvalue weighted by Crippen LogP contribution is -2.37. The van der Waals surface area contributed by atoms with Crippen LogP contribution in [0.3, 0.4) is 0 Å². The highest BCUT2D eigenvalue weighted by molar-refractivity contribution is 5.85. The van der Waals surface area contributed by atoms with E-state index in [1.165, 1.54) is 0 Å². The van der Waals surface area contributed by atoms with Crippen LogP contribution in [0.25, 0.3) is 0 Å². The second kappa shape index (κ2) is 7.29. The van der Waals surface area contributed by atoms with Crippen molar-refractivity contribution in [1.82, 2.24) is 4.90 Å². The van der Waals surface area contributed by atoms with Crippen molar-refractivity contribution in [3.63, 3.8) is 0 Å². The quantitative estimate of drug-likeness (QED) is 0.928. The number of hydrogen-bond acceptors (Lipinski definition) is 2. The molecule has 1 saturated heterocycles. The van der Waals surface area contributed by atoms with E-state index in [0.717, 1.165) is 43.6 Å². The molecule has 0 saturated carbocycles. The molecule has 1 atom stereocenters. The number of halogens is 4. The molecule has 114 valence electrons. The van der Waals surface area contributed by atoms with Gasteiger partial charge in [0, 0.05) is 13.1 Å². The molecule has 1 aliphatic rings. The first-order valence-corrected chi connectivity index (χ1v) is 6.57. The van der Waals surface area contributed by atoms with Crippen molar-refractivity contribution in [1.29, 1.82) is 0 Å². The monoisotopic (exact) mass is 308 g/mol. The third-order valence-electron chi connectivity index (χ3n) is 3.62. The minimum atomic E-state index is -4.26. The lowest BCUT2D eigenvalue weighted by atomic mass is 9.98. The second-order valence-corrected chi connectivity index (χ2v) is 5.17. The van der Waals surface area contributed by atoms with E-state index in [4.69, 9.17) is 5.73 Å². The third kappa shape index (κ3) is 4.65. The second-order valence-electron chi connectivity index (χ2n) is 5.17. The molecule has 2 N–H and O–H groups in total. The highest BCUT2D eigenvalue weighted by atomic mass is 35.5. The maximum Gasteiger partial charge on any atom is 0.416 e. The largest absolute Gasteiger partial charge is 0.416 e. The van der Waals surface area contributed by atoms with Gasteiger partial charge in [0.25, 0.3) is 0 Å². The van der Waals surface area contributed by atoms with Gasteiger partial charge in [0.15, 0.2) is 0 Å². The van der Waals surface area contributed by atoms with Crippen LogP contribution in [0.1, 0.15) is 24.0 Å². The molecule has 1 aromatic carbocycles. The van der Waals surface area contributed by atoms with E-state index < -0.39 is 11.7 Å². The molecule has 2 rings (SSSR count). The predicted octanol–water partition coefficient (Wildman–Crippen LogP) is 3.30. The summed E-state index contributed by atoms with van der Waals surface area (Å²) in [5.74, 6) is 0.517. The third-order valence-corrected chi connectivity index (χ3v) is 3.62. The SMILES string of the molecule is Cl.NCC1CCCN(Cc2ccc(C(F)(F)F)cc2)C1. The van der Waals surface area contributed by atoms with Gasteiger partial charge in [-0.25, -0.2) is 0 Å². The molecule has 1 aliphatic heterocycles. The summed E-state index contributed by atoms with van der Waals surface area (Å²) in [7, 11) is 0. The van der Waals surface area contributed by atoms with Crippen LogP contribution in [0, 0.1) is 5.92 Å². The Hall–Kier alpha value is -0.780. The van der Waals surface area contributed by atoms with Gasteiger partial charge in [-0.1, -0.05) is 12.1 Å². The molecule has 1 aromatic rings. The number of piperidine rings is 1. The average Bonchev–Trinajstić information content (AvgIpc) is 2.38.